The Kier molecular flexibility index (Phi) is 4.98. The molecule has 1 rings (SSSR count). The molecule has 1 aromatic carbocycles. The van der Waals surface area contributed by atoms with Crippen molar-refractivity contribution < 1.29 is 9.90 Å². The van der Waals surface area contributed by atoms with Gasteiger partial charge in [-0.2, -0.15) is 0 Å². The van der Waals surface area contributed by atoms with Gasteiger partial charge < -0.3 is 10.8 Å². The van der Waals surface area contributed by atoms with Crippen LogP contribution in [0.25, 0.3) is 0 Å². The van der Waals surface area contributed by atoms with E-state index in [0.717, 1.165) is 4.47 Å². The standard InChI is InChI=1S/C11H13BrN2O2/c12-9-3-4-10(15)8(6-9)7-14-5-1-2-11(13)16/h3-4,6-7,15H,1-2,5H2,(H2,13,16). The van der Waals surface area contributed by atoms with E-state index in [1.807, 2.05) is 0 Å². The lowest BCUT2D eigenvalue weighted by Gasteiger charge is -1.99. The number of halogens is 1. The van der Waals surface area contributed by atoms with E-state index in [1.165, 1.54) is 0 Å². The summed E-state index contributed by atoms with van der Waals surface area (Å²) in [6, 6.07) is 5.11. The van der Waals surface area contributed by atoms with Gasteiger partial charge in [0.05, 0.1) is 0 Å². The summed E-state index contributed by atoms with van der Waals surface area (Å²) < 4.78 is 0.879. The molecule has 86 valence electrons. The lowest BCUT2D eigenvalue weighted by Crippen LogP contribution is -2.10. The maximum Gasteiger partial charge on any atom is 0.217 e. The summed E-state index contributed by atoms with van der Waals surface area (Å²) in [5.41, 5.74) is 5.64. The highest BCUT2D eigenvalue weighted by atomic mass is 79.9. The van der Waals surface area contributed by atoms with Crippen molar-refractivity contribution in [1.29, 1.82) is 0 Å². The predicted octanol–water partition coefficient (Wildman–Crippen LogP) is 1.84. The topological polar surface area (TPSA) is 75.7 Å². The van der Waals surface area contributed by atoms with E-state index in [4.69, 9.17) is 5.73 Å². The fourth-order valence-electron chi connectivity index (χ4n) is 1.14. The Hall–Kier alpha value is -1.36. The number of amides is 1. The van der Waals surface area contributed by atoms with Crippen molar-refractivity contribution in [2.24, 2.45) is 10.7 Å². The summed E-state index contributed by atoms with van der Waals surface area (Å²) in [7, 11) is 0. The second-order valence-corrected chi connectivity index (χ2v) is 4.22. The van der Waals surface area contributed by atoms with Gasteiger partial charge in [0.1, 0.15) is 5.75 Å². The third-order valence-electron chi connectivity index (χ3n) is 1.93. The molecule has 0 aliphatic heterocycles. The lowest BCUT2D eigenvalue weighted by molar-refractivity contribution is -0.118. The van der Waals surface area contributed by atoms with Crippen LogP contribution in [-0.4, -0.2) is 23.8 Å². The Labute approximate surface area is 102 Å². The molecule has 0 heterocycles. The first kappa shape index (κ1) is 12.7. The number of nitrogens with zero attached hydrogens (tertiary/aromatic N) is 1. The monoisotopic (exact) mass is 284 g/mol. The maximum absolute atomic E-state index is 10.5. The number of hydrogen-bond acceptors (Lipinski definition) is 3. The Bertz CT molecular complexity index is 405. The van der Waals surface area contributed by atoms with Crippen LogP contribution in [0.15, 0.2) is 27.7 Å². The Balaban J connectivity index is 2.49. The number of carbonyl (C=O) groups excluding carboxylic acids is 1. The molecule has 0 radical (unpaired) electrons. The van der Waals surface area contributed by atoms with Gasteiger partial charge in [-0.05, 0) is 24.6 Å². The second kappa shape index (κ2) is 6.27. The van der Waals surface area contributed by atoms with E-state index in [2.05, 4.69) is 20.9 Å². The van der Waals surface area contributed by atoms with E-state index >= 15 is 0 Å². The van der Waals surface area contributed by atoms with Crippen LogP contribution in [0.4, 0.5) is 0 Å². The number of aliphatic imine (C=N–C) groups is 1. The normalized spacial score (nSPS) is 10.8. The molecular formula is C11H13BrN2O2. The minimum absolute atomic E-state index is 0.182. The number of phenols is 1. The molecule has 1 amide bonds. The Morgan fingerprint density at radius 2 is 2.31 bits per heavy atom. The molecule has 0 aromatic heterocycles. The molecule has 0 aliphatic carbocycles. The zero-order chi connectivity index (χ0) is 12.0. The van der Waals surface area contributed by atoms with Crippen LogP contribution in [0.3, 0.4) is 0 Å². The summed E-state index contributed by atoms with van der Waals surface area (Å²) in [5.74, 6) is -0.137. The zero-order valence-electron chi connectivity index (χ0n) is 8.69. The Morgan fingerprint density at radius 3 is 3.00 bits per heavy atom. The van der Waals surface area contributed by atoms with Gasteiger partial charge in [-0.1, -0.05) is 15.9 Å². The first-order valence-electron chi connectivity index (χ1n) is 4.86. The van der Waals surface area contributed by atoms with Crippen LogP contribution in [0, 0.1) is 0 Å². The lowest BCUT2D eigenvalue weighted by atomic mass is 10.2. The van der Waals surface area contributed by atoms with E-state index in [0.29, 0.717) is 24.9 Å². The number of benzene rings is 1. The number of rotatable bonds is 5. The van der Waals surface area contributed by atoms with E-state index < -0.39 is 0 Å². The van der Waals surface area contributed by atoms with E-state index in [9.17, 15) is 9.90 Å². The van der Waals surface area contributed by atoms with Crippen molar-refractivity contribution in [3.63, 3.8) is 0 Å². The molecule has 1 aromatic rings. The van der Waals surface area contributed by atoms with Crippen LogP contribution >= 0.6 is 15.9 Å². The van der Waals surface area contributed by atoms with Crippen LogP contribution in [0.5, 0.6) is 5.75 Å². The highest BCUT2D eigenvalue weighted by Crippen LogP contribution is 2.19. The first-order valence-corrected chi connectivity index (χ1v) is 5.65. The number of primary amides is 1. The molecule has 0 unspecified atom stereocenters. The van der Waals surface area contributed by atoms with Crippen molar-refractivity contribution in [2.45, 2.75) is 12.8 Å². The summed E-state index contributed by atoms with van der Waals surface area (Å²) >= 11 is 3.30. The average Bonchev–Trinajstić information content (AvgIpc) is 2.22. The third-order valence-corrected chi connectivity index (χ3v) is 2.42. The minimum Gasteiger partial charge on any atom is -0.507 e. The minimum atomic E-state index is -0.319. The van der Waals surface area contributed by atoms with Crippen molar-refractivity contribution in [3.05, 3.63) is 28.2 Å². The van der Waals surface area contributed by atoms with Gasteiger partial charge in [0.25, 0.3) is 0 Å². The molecule has 4 nitrogen and oxygen atoms in total. The maximum atomic E-state index is 10.5. The van der Waals surface area contributed by atoms with Gasteiger partial charge >= 0.3 is 0 Å². The summed E-state index contributed by atoms with van der Waals surface area (Å²) in [4.78, 5) is 14.6. The van der Waals surface area contributed by atoms with Crippen LogP contribution < -0.4 is 5.73 Å². The molecule has 0 bridgehead atoms. The van der Waals surface area contributed by atoms with Crippen molar-refractivity contribution >= 4 is 28.1 Å². The van der Waals surface area contributed by atoms with Gasteiger partial charge in [-0.25, -0.2) is 0 Å². The third kappa shape index (κ3) is 4.44. The molecule has 0 spiro atoms. The molecule has 0 fully saturated rings. The van der Waals surface area contributed by atoms with Crippen molar-refractivity contribution in [3.8, 4) is 5.75 Å². The number of nitrogens with two attached hydrogens (primary N) is 1. The summed E-state index contributed by atoms with van der Waals surface area (Å²) in [6.07, 6.45) is 2.55. The SMILES string of the molecule is NC(=O)CCCN=Cc1cc(Br)ccc1O. The van der Waals surface area contributed by atoms with E-state index in [1.54, 1.807) is 24.4 Å². The molecule has 16 heavy (non-hydrogen) atoms. The highest BCUT2D eigenvalue weighted by Gasteiger charge is 1.98. The molecule has 3 N–H and O–H groups in total. The zero-order valence-corrected chi connectivity index (χ0v) is 10.3. The van der Waals surface area contributed by atoms with Gasteiger partial charge in [0.15, 0.2) is 0 Å². The van der Waals surface area contributed by atoms with Crippen LogP contribution in [0.2, 0.25) is 0 Å². The molecule has 0 aliphatic rings. The predicted molar refractivity (Wildman–Crippen MR) is 66.7 cm³/mol. The Morgan fingerprint density at radius 1 is 1.56 bits per heavy atom. The number of carbonyl (C=O) groups is 1. The van der Waals surface area contributed by atoms with Gasteiger partial charge in [0.2, 0.25) is 5.91 Å². The quantitative estimate of drug-likeness (QED) is 0.639. The van der Waals surface area contributed by atoms with E-state index in [-0.39, 0.29) is 11.7 Å². The van der Waals surface area contributed by atoms with Crippen molar-refractivity contribution in [2.75, 3.05) is 6.54 Å². The fourth-order valence-corrected chi connectivity index (χ4v) is 1.52. The first-order chi connectivity index (χ1) is 7.59. The molecule has 5 heteroatoms. The van der Waals surface area contributed by atoms with Gasteiger partial charge in [-0.15, -0.1) is 0 Å². The molecule has 0 atom stereocenters. The number of phenolic OH excluding ortho intramolecular Hbond substituents is 1. The van der Waals surface area contributed by atoms with Crippen LogP contribution in [0.1, 0.15) is 18.4 Å². The second-order valence-electron chi connectivity index (χ2n) is 3.31. The van der Waals surface area contributed by atoms with Crippen molar-refractivity contribution in [1.82, 2.24) is 0 Å². The van der Waals surface area contributed by atoms with Gasteiger partial charge in [-0.3, -0.25) is 9.79 Å². The smallest absolute Gasteiger partial charge is 0.217 e. The fraction of sp³-hybridized carbons (Fsp3) is 0.273. The summed E-state index contributed by atoms with van der Waals surface area (Å²) in [5, 5.41) is 9.49. The summed E-state index contributed by atoms with van der Waals surface area (Å²) in [6.45, 7) is 0.523. The number of aromatic hydroxyl groups is 1. The number of hydrogen-bond donors (Lipinski definition) is 2. The van der Waals surface area contributed by atoms with Crippen LogP contribution in [-0.2, 0) is 4.79 Å². The highest BCUT2D eigenvalue weighted by molar-refractivity contribution is 9.10. The average molecular weight is 285 g/mol. The molecular weight excluding hydrogens is 272 g/mol. The largest absolute Gasteiger partial charge is 0.507 e. The van der Waals surface area contributed by atoms with Gasteiger partial charge in [0, 0.05) is 29.2 Å². The molecule has 0 saturated carbocycles. The molecule has 0 saturated heterocycles.